The van der Waals surface area contributed by atoms with Crippen molar-refractivity contribution < 1.29 is 14.3 Å². The Bertz CT molecular complexity index is 942. The number of rotatable bonds is 6. The van der Waals surface area contributed by atoms with Crippen molar-refractivity contribution in [3.63, 3.8) is 0 Å². The third-order valence-corrected chi connectivity index (χ3v) is 3.73. The molecule has 2 N–H and O–H groups in total. The Kier molecular flexibility index (Phi) is 5.79. The van der Waals surface area contributed by atoms with Gasteiger partial charge in [-0.2, -0.15) is 0 Å². The molecule has 6 heteroatoms. The molecule has 0 unspecified atom stereocenters. The van der Waals surface area contributed by atoms with Gasteiger partial charge in [0.1, 0.15) is 0 Å². The van der Waals surface area contributed by atoms with Crippen molar-refractivity contribution in [2.24, 2.45) is 0 Å². The monoisotopic (exact) mass is 361 g/mol. The summed E-state index contributed by atoms with van der Waals surface area (Å²) >= 11 is 0. The van der Waals surface area contributed by atoms with Gasteiger partial charge in [0.2, 0.25) is 0 Å². The van der Waals surface area contributed by atoms with Crippen LogP contribution in [0.3, 0.4) is 0 Å². The van der Waals surface area contributed by atoms with Gasteiger partial charge in [-0.3, -0.25) is 9.78 Å². The molecule has 0 fully saturated rings. The number of nitrogens with zero attached hydrogens (tertiary/aromatic N) is 1. The number of para-hydroxylation sites is 2. The van der Waals surface area contributed by atoms with E-state index in [9.17, 15) is 9.59 Å². The van der Waals surface area contributed by atoms with E-state index in [0.29, 0.717) is 22.5 Å². The van der Waals surface area contributed by atoms with Gasteiger partial charge < -0.3 is 15.4 Å². The first-order valence-electron chi connectivity index (χ1n) is 8.52. The van der Waals surface area contributed by atoms with Crippen molar-refractivity contribution >= 4 is 28.9 Å². The number of pyridine rings is 1. The summed E-state index contributed by atoms with van der Waals surface area (Å²) in [6, 6.07) is 18.0. The molecule has 0 aliphatic carbocycles. The first-order valence-corrected chi connectivity index (χ1v) is 8.52. The fraction of sp³-hybridized carbons (Fsp3) is 0.0952. The molecule has 0 saturated carbocycles. The smallest absolute Gasteiger partial charge is 0.340 e. The number of hydrogen-bond acceptors (Lipinski definition) is 5. The van der Waals surface area contributed by atoms with Crippen molar-refractivity contribution in [1.82, 2.24) is 4.98 Å². The van der Waals surface area contributed by atoms with Crippen LogP contribution in [0.25, 0.3) is 0 Å². The summed E-state index contributed by atoms with van der Waals surface area (Å²) < 4.78 is 5.03. The maximum Gasteiger partial charge on any atom is 0.340 e. The number of carbonyl (C=O) groups is 2. The second kappa shape index (κ2) is 8.62. The standard InChI is InChI=1S/C21H19N3O3/c1-2-27-21(26)18-10-6-7-11-19(18)24-20(25)15-12-17(14-22-13-15)23-16-8-4-3-5-9-16/h3-14,23H,2H2,1H3,(H,24,25). The first kappa shape index (κ1) is 18.1. The van der Waals surface area contributed by atoms with E-state index in [2.05, 4.69) is 15.6 Å². The van der Waals surface area contributed by atoms with Crippen LogP contribution in [0, 0.1) is 0 Å². The molecule has 2 aromatic carbocycles. The van der Waals surface area contributed by atoms with E-state index in [1.165, 1.54) is 6.20 Å². The predicted octanol–water partition coefficient (Wildman–Crippen LogP) is 4.25. The number of nitrogens with one attached hydrogen (secondary N) is 2. The SMILES string of the molecule is CCOC(=O)c1ccccc1NC(=O)c1cncc(Nc2ccccc2)c1. The molecule has 0 spiro atoms. The molecule has 3 rings (SSSR count). The zero-order chi connectivity index (χ0) is 19.1. The largest absolute Gasteiger partial charge is 0.462 e. The van der Waals surface area contributed by atoms with Crippen molar-refractivity contribution in [2.45, 2.75) is 6.92 Å². The van der Waals surface area contributed by atoms with Crippen LogP contribution in [-0.2, 0) is 4.74 Å². The van der Waals surface area contributed by atoms with E-state index in [1.807, 2.05) is 30.3 Å². The summed E-state index contributed by atoms with van der Waals surface area (Å²) in [4.78, 5) is 28.8. The fourth-order valence-electron chi connectivity index (χ4n) is 2.49. The van der Waals surface area contributed by atoms with Gasteiger partial charge in [-0.25, -0.2) is 4.79 Å². The van der Waals surface area contributed by atoms with E-state index < -0.39 is 5.97 Å². The van der Waals surface area contributed by atoms with E-state index in [1.54, 1.807) is 43.5 Å². The molecule has 27 heavy (non-hydrogen) atoms. The van der Waals surface area contributed by atoms with E-state index in [4.69, 9.17) is 4.74 Å². The Morgan fingerprint density at radius 3 is 2.48 bits per heavy atom. The van der Waals surface area contributed by atoms with Gasteiger partial charge in [-0.05, 0) is 37.3 Å². The third-order valence-electron chi connectivity index (χ3n) is 3.73. The Morgan fingerprint density at radius 1 is 0.963 bits per heavy atom. The molecule has 0 radical (unpaired) electrons. The van der Waals surface area contributed by atoms with Crippen LogP contribution < -0.4 is 10.6 Å². The second-order valence-electron chi connectivity index (χ2n) is 5.67. The van der Waals surface area contributed by atoms with Crippen molar-refractivity contribution in [3.05, 3.63) is 84.2 Å². The minimum atomic E-state index is -0.481. The van der Waals surface area contributed by atoms with Gasteiger partial charge in [-0.1, -0.05) is 30.3 Å². The number of hydrogen-bond donors (Lipinski definition) is 2. The topological polar surface area (TPSA) is 80.3 Å². The van der Waals surface area contributed by atoms with Gasteiger partial charge >= 0.3 is 5.97 Å². The molecule has 6 nitrogen and oxygen atoms in total. The summed E-state index contributed by atoms with van der Waals surface area (Å²) in [6.07, 6.45) is 3.11. The summed E-state index contributed by atoms with van der Waals surface area (Å²) in [7, 11) is 0. The van der Waals surface area contributed by atoms with Crippen molar-refractivity contribution in [3.8, 4) is 0 Å². The van der Waals surface area contributed by atoms with Crippen LogP contribution in [0.1, 0.15) is 27.6 Å². The quantitative estimate of drug-likeness (QED) is 0.642. The van der Waals surface area contributed by atoms with Crippen LogP contribution in [0.4, 0.5) is 17.1 Å². The minimum Gasteiger partial charge on any atom is -0.462 e. The number of ether oxygens (including phenoxy) is 1. The van der Waals surface area contributed by atoms with Gasteiger partial charge in [0, 0.05) is 11.9 Å². The third kappa shape index (κ3) is 4.70. The lowest BCUT2D eigenvalue weighted by Gasteiger charge is -2.11. The molecule has 0 aliphatic rings. The Hall–Kier alpha value is -3.67. The van der Waals surface area contributed by atoms with Gasteiger partial charge in [0.05, 0.1) is 35.3 Å². The van der Waals surface area contributed by atoms with Gasteiger partial charge in [-0.15, -0.1) is 0 Å². The summed E-state index contributed by atoms with van der Waals surface area (Å²) in [5.74, 6) is -0.845. The van der Waals surface area contributed by atoms with E-state index in [0.717, 1.165) is 5.69 Å². The maximum absolute atomic E-state index is 12.6. The van der Waals surface area contributed by atoms with Crippen LogP contribution in [0.2, 0.25) is 0 Å². The van der Waals surface area contributed by atoms with Crippen molar-refractivity contribution in [1.29, 1.82) is 0 Å². The van der Waals surface area contributed by atoms with Crippen LogP contribution in [-0.4, -0.2) is 23.5 Å². The minimum absolute atomic E-state index is 0.262. The van der Waals surface area contributed by atoms with Crippen LogP contribution >= 0.6 is 0 Å². The summed E-state index contributed by atoms with van der Waals surface area (Å²) in [6.45, 7) is 1.99. The lowest BCUT2D eigenvalue weighted by atomic mass is 10.1. The zero-order valence-electron chi connectivity index (χ0n) is 14.8. The number of anilines is 3. The lowest BCUT2D eigenvalue weighted by molar-refractivity contribution is 0.0527. The number of amides is 1. The summed E-state index contributed by atoms with van der Waals surface area (Å²) in [5, 5.41) is 5.94. The van der Waals surface area contributed by atoms with E-state index in [-0.39, 0.29) is 12.5 Å². The molecule has 1 amide bonds. The molecular formula is C21H19N3O3. The van der Waals surface area contributed by atoms with Crippen molar-refractivity contribution in [2.75, 3.05) is 17.2 Å². The van der Waals surface area contributed by atoms with E-state index >= 15 is 0 Å². The highest BCUT2D eigenvalue weighted by atomic mass is 16.5. The molecule has 0 aliphatic heterocycles. The predicted molar refractivity (Wildman–Crippen MR) is 104 cm³/mol. The second-order valence-corrected chi connectivity index (χ2v) is 5.67. The van der Waals surface area contributed by atoms with Gasteiger partial charge in [0.15, 0.2) is 0 Å². The maximum atomic E-state index is 12.6. The average Bonchev–Trinajstić information content (AvgIpc) is 2.69. The Balaban J connectivity index is 1.77. The highest BCUT2D eigenvalue weighted by Crippen LogP contribution is 2.19. The highest BCUT2D eigenvalue weighted by molar-refractivity contribution is 6.08. The normalized spacial score (nSPS) is 10.1. The molecule has 0 atom stereocenters. The highest BCUT2D eigenvalue weighted by Gasteiger charge is 2.15. The molecule has 0 saturated heterocycles. The molecule has 3 aromatic rings. The lowest BCUT2D eigenvalue weighted by Crippen LogP contribution is -2.16. The first-order chi connectivity index (χ1) is 13.2. The Morgan fingerprint density at radius 2 is 1.70 bits per heavy atom. The number of aromatic nitrogens is 1. The zero-order valence-corrected chi connectivity index (χ0v) is 14.8. The molecule has 136 valence electrons. The number of carbonyl (C=O) groups excluding carboxylic acids is 2. The molecular weight excluding hydrogens is 342 g/mol. The fourth-order valence-corrected chi connectivity index (χ4v) is 2.49. The van der Waals surface area contributed by atoms with Crippen LogP contribution in [0.5, 0.6) is 0 Å². The van der Waals surface area contributed by atoms with Gasteiger partial charge in [0.25, 0.3) is 5.91 Å². The molecule has 1 aromatic heterocycles. The Labute approximate surface area is 157 Å². The molecule has 0 bridgehead atoms. The number of benzene rings is 2. The number of esters is 1. The summed E-state index contributed by atoms with van der Waals surface area (Å²) in [5.41, 5.74) is 2.65. The molecule has 1 heterocycles. The average molecular weight is 361 g/mol. The van der Waals surface area contributed by atoms with Crippen LogP contribution in [0.15, 0.2) is 73.1 Å².